The first-order chi connectivity index (χ1) is 34.1. The standard InChI is InChI=1S/C63H38N4O2/c1-4-12-39(13-5-1)41-20-22-43(23-21-41)62-64-61(42-16-8-3-9-17-42)65-63(66-62)47-26-31-51-50-29-24-45(35-58(50)69-60(51)37-47)46-25-30-52-54-38-48(28-33-57(54)68-59(52)36-46)67-55-19-11-10-18-49(55)53-34-44(27-32-56(53)67)40-14-6-2-7-15-40/h1-38H. The molecular formula is C63H38N4O2. The third-order valence-electron chi connectivity index (χ3n) is 13.5. The predicted octanol–water partition coefficient (Wildman–Crippen LogP) is 16.8. The zero-order valence-corrected chi connectivity index (χ0v) is 37.0. The molecule has 69 heavy (non-hydrogen) atoms. The highest BCUT2D eigenvalue weighted by atomic mass is 16.3. The number of benzene rings is 10. The Morgan fingerprint density at radius 3 is 1.32 bits per heavy atom. The van der Waals surface area contributed by atoms with E-state index in [0.717, 1.165) is 88.5 Å². The highest BCUT2D eigenvalue weighted by Gasteiger charge is 2.18. The van der Waals surface area contributed by atoms with E-state index in [2.05, 4.69) is 193 Å². The van der Waals surface area contributed by atoms with Crippen LogP contribution in [0.15, 0.2) is 239 Å². The van der Waals surface area contributed by atoms with Crippen LogP contribution in [0, 0.1) is 0 Å². The van der Waals surface area contributed by atoms with Crippen molar-refractivity contribution in [2.24, 2.45) is 0 Å². The van der Waals surface area contributed by atoms with Crippen LogP contribution in [0.4, 0.5) is 0 Å². The Kier molecular flexibility index (Phi) is 8.79. The number of hydrogen-bond acceptors (Lipinski definition) is 5. The molecule has 0 fully saturated rings. The summed E-state index contributed by atoms with van der Waals surface area (Å²) in [5.74, 6) is 1.79. The first kappa shape index (κ1) is 38.8. The van der Waals surface area contributed by atoms with Crippen LogP contribution in [0.3, 0.4) is 0 Å². The van der Waals surface area contributed by atoms with Crippen LogP contribution in [0.5, 0.6) is 0 Å². The molecule has 6 nitrogen and oxygen atoms in total. The number of para-hydroxylation sites is 1. The van der Waals surface area contributed by atoms with Crippen LogP contribution < -0.4 is 0 Å². The maximum absolute atomic E-state index is 6.64. The Morgan fingerprint density at radius 1 is 0.246 bits per heavy atom. The van der Waals surface area contributed by atoms with Crippen molar-refractivity contribution in [2.45, 2.75) is 0 Å². The van der Waals surface area contributed by atoms with Crippen LogP contribution in [0.25, 0.3) is 139 Å². The van der Waals surface area contributed by atoms with Gasteiger partial charge in [0.1, 0.15) is 22.3 Å². The molecule has 322 valence electrons. The number of hydrogen-bond donors (Lipinski definition) is 0. The largest absolute Gasteiger partial charge is 0.456 e. The van der Waals surface area contributed by atoms with E-state index in [1.54, 1.807) is 0 Å². The van der Waals surface area contributed by atoms with Crippen molar-refractivity contribution < 1.29 is 8.83 Å². The summed E-state index contributed by atoms with van der Waals surface area (Å²) in [6.45, 7) is 0. The van der Waals surface area contributed by atoms with Gasteiger partial charge < -0.3 is 13.4 Å². The molecule has 0 atom stereocenters. The molecule has 4 aromatic heterocycles. The summed E-state index contributed by atoms with van der Waals surface area (Å²) in [5.41, 5.74) is 16.1. The van der Waals surface area contributed by atoms with Crippen molar-refractivity contribution in [3.8, 4) is 73.2 Å². The number of rotatable bonds is 7. The molecule has 10 aromatic carbocycles. The molecular weight excluding hydrogens is 845 g/mol. The van der Waals surface area contributed by atoms with Gasteiger partial charge in [0.15, 0.2) is 17.5 Å². The predicted molar refractivity (Wildman–Crippen MR) is 281 cm³/mol. The highest BCUT2D eigenvalue weighted by Crippen LogP contribution is 2.40. The fraction of sp³-hybridized carbons (Fsp3) is 0. The molecule has 14 aromatic rings. The average molecular weight is 883 g/mol. The van der Waals surface area contributed by atoms with E-state index in [0.29, 0.717) is 17.5 Å². The minimum atomic E-state index is 0.577. The van der Waals surface area contributed by atoms with E-state index in [1.165, 1.54) is 32.9 Å². The smallest absolute Gasteiger partial charge is 0.164 e. The second-order valence-electron chi connectivity index (χ2n) is 17.6. The number of furan rings is 2. The average Bonchev–Trinajstić information content (AvgIpc) is 4.09. The van der Waals surface area contributed by atoms with Gasteiger partial charge in [-0.3, -0.25) is 0 Å². The topological polar surface area (TPSA) is 69.9 Å². The SMILES string of the molecule is c1ccc(-c2ccc(-c3nc(-c4ccccc4)nc(-c4ccc5c(c4)oc4cc(-c6ccc7c(c6)oc6ccc(-n8c9ccccc9c9cc(-c%10ccccc%10)ccc98)cc67)ccc45)n3)cc2)cc1. The summed E-state index contributed by atoms with van der Waals surface area (Å²) in [7, 11) is 0. The van der Waals surface area contributed by atoms with Gasteiger partial charge >= 0.3 is 0 Å². The maximum Gasteiger partial charge on any atom is 0.164 e. The van der Waals surface area contributed by atoms with E-state index in [-0.39, 0.29) is 0 Å². The molecule has 0 spiro atoms. The van der Waals surface area contributed by atoms with Gasteiger partial charge in [-0.25, -0.2) is 15.0 Å². The molecule has 6 heteroatoms. The lowest BCUT2D eigenvalue weighted by Crippen LogP contribution is -2.00. The van der Waals surface area contributed by atoms with Gasteiger partial charge in [0.25, 0.3) is 0 Å². The minimum absolute atomic E-state index is 0.577. The van der Waals surface area contributed by atoms with Crippen molar-refractivity contribution in [1.82, 2.24) is 19.5 Å². The zero-order valence-electron chi connectivity index (χ0n) is 37.0. The molecule has 0 saturated carbocycles. The van der Waals surface area contributed by atoms with Crippen molar-refractivity contribution >= 4 is 65.7 Å². The van der Waals surface area contributed by atoms with Gasteiger partial charge in [0.05, 0.1) is 11.0 Å². The molecule has 0 aliphatic heterocycles. The second-order valence-corrected chi connectivity index (χ2v) is 17.6. The molecule has 0 saturated heterocycles. The van der Waals surface area contributed by atoms with Crippen LogP contribution in [0.2, 0.25) is 0 Å². The monoisotopic (exact) mass is 882 g/mol. The van der Waals surface area contributed by atoms with E-state index in [1.807, 2.05) is 42.5 Å². The lowest BCUT2D eigenvalue weighted by atomic mass is 10.0. The molecule has 4 heterocycles. The van der Waals surface area contributed by atoms with Gasteiger partial charge in [-0.1, -0.05) is 158 Å². The molecule has 0 bridgehead atoms. The molecule has 0 N–H and O–H groups in total. The fourth-order valence-electron chi connectivity index (χ4n) is 10.0. The van der Waals surface area contributed by atoms with E-state index in [9.17, 15) is 0 Å². The first-order valence-corrected chi connectivity index (χ1v) is 23.1. The summed E-state index contributed by atoms with van der Waals surface area (Å²) >= 11 is 0. The molecule has 0 unspecified atom stereocenters. The third kappa shape index (κ3) is 6.61. The Morgan fingerprint density at radius 2 is 0.667 bits per heavy atom. The zero-order chi connectivity index (χ0) is 45.4. The van der Waals surface area contributed by atoms with Gasteiger partial charge in [0.2, 0.25) is 0 Å². The summed E-state index contributed by atoms with van der Waals surface area (Å²) in [5, 5.41) is 6.67. The number of nitrogens with zero attached hydrogens (tertiary/aromatic N) is 4. The number of aromatic nitrogens is 4. The summed E-state index contributed by atoms with van der Waals surface area (Å²) in [6, 6.07) is 80.5. The quantitative estimate of drug-likeness (QED) is 0.159. The van der Waals surface area contributed by atoms with E-state index >= 15 is 0 Å². The van der Waals surface area contributed by atoms with Crippen LogP contribution in [0.1, 0.15) is 0 Å². The van der Waals surface area contributed by atoms with Gasteiger partial charge in [-0.15, -0.1) is 0 Å². The van der Waals surface area contributed by atoms with Crippen molar-refractivity contribution in [3.05, 3.63) is 231 Å². The van der Waals surface area contributed by atoms with E-state index in [4.69, 9.17) is 23.8 Å². The summed E-state index contributed by atoms with van der Waals surface area (Å²) < 4.78 is 15.6. The fourth-order valence-corrected chi connectivity index (χ4v) is 10.0. The normalized spacial score (nSPS) is 11.8. The van der Waals surface area contributed by atoms with Gasteiger partial charge in [-0.2, -0.15) is 0 Å². The van der Waals surface area contributed by atoms with Crippen molar-refractivity contribution in [3.63, 3.8) is 0 Å². The molecule has 14 rings (SSSR count). The van der Waals surface area contributed by atoms with E-state index < -0.39 is 0 Å². The highest BCUT2D eigenvalue weighted by molar-refractivity contribution is 6.12. The third-order valence-corrected chi connectivity index (χ3v) is 13.5. The van der Waals surface area contributed by atoms with Crippen LogP contribution in [-0.2, 0) is 0 Å². The van der Waals surface area contributed by atoms with Gasteiger partial charge in [-0.05, 0) is 106 Å². The first-order valence-electron chi connectivity index (χ1n) is 23.1. The van der Waals surface area contributed by atoms with Crippen molar-refractivity contribution in [2.75, 3.05) is 0 Å². The molecule has 0 amide bonds. The van der Waals surface area contributed by atoms with Gasteiger partial charge in [0, 0.05) is 54.7 Å². The minimum Gasteiger partial charge on any atom is -0.456 e. The molecule has 0 radical (unpaired) electrons. The maximum atomic E-state index is 6.64. The Balaban J connectivity index is 0.805. The Hall–Kier alpha value is -9.39. The van der Waals surface area contributed by atoms with Crippen molar-refractivity contribution in [1.29, 1.82) is 0 Å². The summed E-state index contributed by atoms with van der Waals surface area (Å²) in [4.78, 5) is 15.0. The second kappa shape index (κ2) is 15.6. The molecule has 0 aliphatic carbocycles. The summed E-state index contributed by atoms with van der Waals surface area (Å²) in [6.07, 6.45) is 0. The van der Waals surface area contributed by atoms with Crippen LogP contribution >= 0.6 is 0 Å². The number of fused-ring (bicyclic) bond motifs is 9. The Bertz CT molecular complexity index is 4290. The Labute approximate surface area is 396 Å². The lowest BCUT2D eigenvalue weighted by molar-refractivity contribution is 0.668. The van der Waals surface area contributed by atoms with Crippen LogP contribution in [-0.4, -0.2) is 19.5 Å². The lowest BCUT2D eigenvalue weighted by Gasteiger charge is -2.09. The molecule has 0 aliphatic rings.